The number of hydrogen-bond acceptors (Lipinski definition) is 0. The monoisotopic (exact) mass is 414 g/mol. The first kappa shape index (κ1) is 19.2. The molecule has 0 radical (unpaired) electrons. The van der Waals surface area contributed by atoms with E-state index in [1.54, 1.807) is 0 Å². The van der Waals surface area contributed by atoms with Crippen molar-refractivity contribution in [2.45, 2.75) is 13.8 Å². The van der Waals surface area contributed by atoms with Gasteiger partial charge in [0.15, 0.2) is 0 Å². The summed E-state index contributed by atoms with van der Waals surface area (Å²) < 4.78 is 1.07. The van der Waals surface area contributed by atoms with Crippen LogP contribution in [0.5, 0.6) is 0 Å². The molecule has 0 unspecified atom stereocenters. The first-order valence-corrected chi connectivity index (χ1v) is 8.70. The fraction of sp³-hybridized carbons (Fsp3) is 0.0952. The van der Waals surface area contributed by atoms with Gasteiger partial charge >= 0.3 is 0 Å². The highest BCUT2D eigenvalue weighted by atomic mass is 79.9. The van der Waals surface area contributed by atoms with Gasteiger partial charge in [-0.05, 0) is 62.4 Å². The van der Waals surface area contributed by atoms with Crippen molar-refractivity contribution < 1.29 is 17.4 Å². The molecule has 0 aromatic heterocycles. The molecule has 3 rings (SSSR count). The number of aryl methyl sites for hydroxylation is 2. The van der Waals surface area contributed by atoms with Gasteiger partial charge in [0.1, 0.15) is 11.4 Å². The van der Waals surface area contributed by atoms with Crippen LogP contribution in [0.1, 0.15) is 16.7 Å². The summed E-state index contributed by atoms with van der Waals surface area (Å²) in [6, 6.07) is 25.0. The van der Waals surface area contributed by atoms with Crippen molar-refractivity contribution in [3.8, 4) is 0 Å². The van der Waals surface area contributed by atoms with E-state index in [1.807, 2.05) is 12.1 Å². The van der Waals surface area contributed by atoms with Crippen molar-refractivity contribution in [3.05, 3.63) is 94.0 Å². The smallest absolute Gasteiger partial charge is 0.285 e. The van der Waals surface area contributed by atoms with Crippen molar-refractivity contribution >= 4 is 33.1 Å². The summed E-state index contributed by atoms with van der Waals surface area (Å²) in [7, 11) is 0. The number of amidine groups is 1. The number of nitrogens with one attached hydrogen (secondary N) is 2. The van der Waals surface area contributed by atoms with Crippen LogP contribution in [0.25, 0.3) is 0 Å². The molecule has 0 aliphatic rings. The summed E-state index contributed by atoms with van der Waals surface area (Å²) in [6.45, 7) is 4.18. The number of anilines is 1. The van der Waals surface area contributed by atoms with E-state index in [0.29, 0.717) is 0 Å². The van der Waals surface area contributed by atoms with Gasteiger partial charge in [0.25, 0.3) is 5.84 Å². The standard InChI is InChI=1S/C21H19BrN2.ClH/c1-15-3-11-19(12-4-15)23-21(17-7-9-18(22)10-8-17)24-20-13-5-16(2)6-14-20;/h3-14H,1-2H3,(H,23,24);1H. The minimum absolute atomic E-state index is 0. The largest absolute Gasteiger partial charge is 1.00 e. The Balaban J connectivity index is 0.00000225. The van der Waals surface area contributed by atoms with Crippen LogP contribution < -0.4 is 22.7 Å². The first-order valence-electron chi connectivity index (χ1n) is 7.90. The molecule has 0 heterocycles. The van der Waals surface area contributed by atoms with Gasteiger partial charge in [-0.2, -0.15) is 0 Å². The molecule has 3 aromatic rings. The van der Waals surface area contributed by atoms with E-state index in [-0.39, 0.29) is 12.4 Å². The Morgan fingerprint density at radius 3 is 1.84 bits per heavy atom. The van der Waals surface area contributed by atoms with E-state index in [2.05, 4.69) is 101 Å². The van der Waals surface area contributed by atoms with Crippen LogP contribution in [0.15, 0.2) is 77.3 Å². The van der Waals surface area contributed by atoms with Crippen molar-refractivity contribution in [1.29, 1.82) is 0 Å². The van der Waals surface area contributed by atoms with Gasteiger partial charge in [0.2, 0.25) is 0 Å². The maximum Gasteiger partial charge on any atom is 0.285 e. The quantitative estimate of drug-likeness (QED) is 0.490. The molecule has 0 aliphatic carbocycles. The molecule has 4 heteroatoms. The van der Waals surface area contributed by atoms with E-state index >= 15 is 0 Å². The van der Waals surface area contributed by atoms with Gasteiger partial charge in [-0.25, -0.2) is 10.3 Å². The average molecular weight is 416 g/mol. The maximum atomic E-state index is 3.50. The Morgan fingerprint density at radius 1 is 0.760 bits per heavy atom. The Bertz CT molecular complexity index is 839. The molecule has 0 atom stereocenters. The summed E-state index contributed by atoms with van der Waals surface area (Å²) in [6.07, 6.45) is 0. The molecule has 0 bridgehead atoms. The lowest BCUT2D eigenvalue weighted by Crippen LogP contribution is -3.00. The molecule has 0 fully saturated rings. The van der Waals surface area contributed by atoms with E-state index < -0.39 is 0 Å². The zero-order valence-electron chi connectivity index (χ0n) is 14.2. The van der Waals surface area contributed by atoms with Crippen LogP contribution >= 0.6 is 15.9 Å². The van der Waals surface area contributed by atoms with Crippen molar-refractivity contribution in [1.82, 2.24) is 0 Å². The Hall–Kier alpha value is -2.10. The normalized spacial score (nSPS) is 10.9. The lowest BCUT2D eigenvalue weighted by atomic mass is 10.1. The fourth-order valence-electron chi connectivity index (χ4n) is 2.35. The summed E-state index contributed by atoms with van der Waals surface area (Å²) in [4.78, 5) is 3.50. The third-order valence-corrected chi connectivity index (χ3v) is 4.30. The third-order valence-electron chi connectivity index (χ3n) is 3.77. The SMILES string of the molecule is Cc1ccc(NC(=[NH+]c2ccc(C)cc2)c2ccc(Br)cc2)cc1.[Cl-]. The highest BCUT2D eigenvalue weighted by Gasteiger charge is 2.12. The van der Waals surface area contributed by atoms with Crippen LogP contribution in [-0.4, -0.2) is 5.84 Å². The van der Waals surface area contributed by atoms with Crippen molar-refractivity contribution in [2.75, 3.05) is 5.32 Å². The molecule has 0 saturated heterocycles. The Morgan fingerprint density at radius 2 is 1.28 bits per heavy atom. The third kappa shape index (κ3) is 5.45. The van der Waals surface area contributed by atoms with Crippen LogP contribution in [0.3, 0.4) is 0 Å². The molecule has 0 amide bonds. The molecule has 2 N–H and O–H groups in total. The molecular weight excluding hydrogens is 396 g/mol. The summed E-state index contributed by atoms with van der Waals surface area (Å²) in [5.41, 5.74) is 5.70. The van der Waals surface area contributed by atoms with E-state index in [9.17, 15) is 0 Å². The molecule has 25 heavy (non-hydrogen) atoms. The van der Waals surface area contributed by atoms with E-state index in [1.165, 1.54) is 11.1 Å². The predicted molar refractivity (Wildman–Crippen MR) is 105 cm³/mol. The number of halogens is 2. The van der Waals surface area contributed by atoms with Crippen molar-refractivity contribution in [2.24, 2.45) is 0 Å². The molecule has 3 aromatic carbocycles. The highest BCUT2D eigenvalue weighted by molar-refractivity contribution is 9.10. The van der Waals surface area contributed by atoms with Crippen molar-refractivity contribution in [3.63, 3.8) is 0 Å². The second-order valence-corrected chi connectivity index (χ2v) is 6.78. The van der Waals surface area contributed by atoms with Crippen LogP contribution in [0.4, 0.5) is 11.4 Å². The van der Waals surface area contributed by atoms with E-state index in [4.69, 9.17) is 0 Å². The average Bonchev–Trinajstić information content (AvgIpc) is 2.59. The number of hydrogen-bond donors (Lipinski definition) is 2. The second kappa shape index (κ2) is 8.84. The minimum atomic E-state index is 0. The topological polar surface area (TPSA) is 26.0 Å². The molecular formula is C21H20BrClN2. The molecule has 0 spiro atoms. The zero-order chi connectivity index (χ0) is 16.9. The molecule has 2 nitrogen and oxygen atoms in total. The summed E-state index contributed by atoms with van der Waals surface area (Å²) in [5.74, 6) is 0.954. The van der Waals surface area contributed by atoms with E-state index in [0.717, 1.165) is 27.2 Å². The van der Waals surface area contributed by atoms with Crippen LogP contribution in [0, 0.1) is 13.8 Å². The van der Waals surface area contributed by atoms with Gasteiger partial charge < -0.3 is 12.4 Å². The first-order chi connectivity index (χ1) is 11.6. The van der Waals surface area contributed by atoms with Gasteiger partial charge in [-0.1, -0.05) is 51.3 Å². The molecule has 0 saturated carbocycles. The highest BCUT2D eigenvalue weighted by Crippen LogP contribution is 2.13. The number of benzene rings is 3. The summed E-state index contributed by atoms with van der Waals surface area (Å²) >= 11 is 3.49. The van der Waals surface area contributed by atoms with Gasteiger partial charge in [0.05, 0.1) is 5.56 Å². The number of rotatable bonds is 3. The minimum Gasteiger partial charge on any atom is -1.00 e. The Kier molecular flexibility index (Phi) is 6.80. The fourth-order valence-corrected chi connectivity index (χ4v) is 2.62. The van der Waals surface area contributed by atoms with Gasteiger partial charge in [-0.3, -0.25) is 0 Å². The maximum absolute atomic E-state index is 3.50. The Labute approximate surface area is 163 Å². The van der Waals surface area contributed by atoms with Crippen LogP contribution in [0.2, 0.25) is 0 Å². The molecule has 128 valence electrons. The summed E-state index contributed by atoms with van der Waals surface area (Å²) in [5, 5.41) is 3.50. The van der Waals surface area contributed by atoms with Gasteiger partial charge in [-0.15, -0.1) is 0 Å². The zero-order valence-corrected chi connectivity index (χ0v) is 16.5. The second-order valence-electron chi connectivity index (χ2n) is 5.86. The van der Waals surface area contributed by atoms with Crippen LogP contribution in [-0.2, 0) is 0 Å². The molecule has 0 aliphatic heterocycles. The lowest BCUT2D eigenvalue weighted by molar-refractivity contribution is -0.352. The predicted octanol–water partition coefficient (Wildman–Crippen LogP) is 1.34. The lowest BCUT2D eigenvalue weighted by Gasteiger charge is -2.05. The van der Waals surface area contributed by atoms with Gasteiger partial charge in [0, 0.05) is 4.47 Å².